The minimum Gasteiger partial charge on any atom is -0.491 e. The lowest BCUT2D eigenvalue weighted by atomic mass is 10.1. The monoisotopic (exact) mass is 502 g/mol. The Morgan fingerprint density at radius 1 is 0.941 bits per heavy atom. The van der Waals surface area contributed by atoms with Crippen LogP contribution in [0.1, 0.15) is 21.5 Å². The van der Waals surface area contributed by atoms with E-state index in [1.807, 2.05) is 60.7 Å². The van der Waals surface area contributed by atoms with Crippen LogP contribution >= 0.6 is 24.8 Å². The molecule has 4 rings (SSSR count). The maximum Gasteiger partial charge on any atom is 0.342 e. The first-order valence-electron chi connectivity index (χ1n) is 10.3. The molecule has 0 aliphatic heterocycles. The predicted octanol–water partition coefficient (Wildman–Crippen LogP) is 5.52. The summed E-state index contributed by atoms with van der Waals surface area (Å²) in [5, 5.41) is 0.331. The number of ether oxygens (including phenoxy) is 2. The van der Waals surface area contributed by atoms with Crippen molar-refractivity contribution < 1.29 is 18.7 Å². The number of halogens is 3. The van der Waals surface area contributed by atoms with Gasteiger partial charge in [-0.1, -0.05) is 60.7 Å². The Balaban J connectivity index is 0.00000204. The molecule has 0 fully saturated rings. The van der Waals surface area contributed by atoms with Crippen LogP contribution in [0.3, 0.4) is 0 Å². The Morgan fingerprint density at radius 3 is 2.26 bits per heavy atom. The first kappa shape index (κ1) is 27.1. The third-order valence-corrected chi connectivity index (χ3v) is 5.00. The smallest absolute Gasteiger partial charge is 0.342 e. The normalized spacial score (nSPS) is 11.1. The Bertz CT molecular complexity index is 1210. The first-order valence-corrected chi connectivity index (χ1v) is 10.3. The molecule has 0 saturated carbocycles. The third-order valence-electron chi connectivity index (χ3n) is 5.00. The molecular formula is C26H25Cl2FN2O3. The van der Waals surface area contributed by atoms with Crippen LogP contribution in [0.5, 0.6) is 5.75 Å². The van der Waals surface area contributed by atoms with Gasteiger partial charge in [0.2, 0.25) is 0 Å². The molecule has 4 aromatic rings. The van der Waals surface area contributed by atoms with Crippen molar-refractivity contribution in [2.24, 2.45) is 5.73 Å². The van der Waals surface area contributed by atoms with Gasteiger partial charge in [-0.25, -0.2) is 9.18 Å². The molecule has 3 aromatic carbocycles. The number of esters is 1. The number of carbonyl (C=O) groups is 1. The van der Waals surface area contributed by atoms with E-state index in [-0.39, 0.29) is 55.4 Å². The van der Waals surface area contributed by atoms with E-state index >= 15 is 0 Å². The average Bonchev–Trinajstić information content (AvgIpc) is 2.82. The summed E-state index contributed by atoms with van der Waals surface area (Å²) >= 11 is 0. The Labute approximate surface area is 209 Å². The molecule has 0 spiro atoms. The summed E-state index contributed by atoms with van der Waals surface area (Å²) in [5.74, 6) is -0.877. The van der Waals surface area contributed by atoms with Gasteiger partial charge in [-0.2, -0.15) is 0 Å². The number of pyridine rings is 1. The van der Waals surface area contributed by atoms with Gasteiger partial charge in [0.1, 0.15) is 30.3 Å². The van der Waals surface area contributed by atoms with Crippen LogP contribution in [0.25, 0.3) is 10.9 Å². The Morgan fingerprint density at radius 2 is 1.59 bits per heavy atom. The number of aromatic nitrogens is 1. The van der Waals surface area contributed by atoms with Gasteiger partial charge >= 0.3 is 5.97 Å². The standard InChI is InChI=1S/C26H23FN2O3.2ClH/c27-20-14-22-23(29-15-20)11-12-24(31-17-21(28)13-18-7-3-1-4-8-18)25(22)26(30)32-16-19-9-5-2-6-10-19;;/h1-12,14-15,21H,13,16-17,28H2;2*1H. The average molecular weight is 503 g/mol. The highest BCUT2D eigenvalue weighted by Crippen LogP contribution is 2.29. The Hall–Kier alpha value is -3.19. The molecular weight excluding hydrogens is 478 g/mol. The van der Waals surface area contributed by atoms with Crippen molar-refractivity contribution in [1.29, 1.82) is 0 Å². The largest absolute Gasteiger partial charge is 0.491 e. The highest BCUT2D eigenvalue weighted by Gasteiger charge is 2.20. The molecule has 0 radical (unpaired) electrons. The van der Waals surface area contributed by atoms with Gasteiger partial charge in [-0.3, -0.25) is 4.98 Å². The summed E-state index contributed by atoms with van der Waals surface area (Å²) in [6, 6.07) is 23.5. The minimum atomic E-state index is -0.613. The van der Waals surface area contributed by atoms with Gasteiger partial charge in [0.15, 0.2) is 0 Å². The molecule has 1 atom stereocenters. The van der Waals surface area contributed by atoms with Crippen LogP contribution < -0.4 is 10.5 Å². The van der Waals surface area contributed by atoms with Gasteiger partial charge in [0.25, 0.3) is 0 Å². The molecule has 34 heavy (non-hydrogen) atoms. The fourth-order valence-electron chi connectivity index (χ4n) is 3.45. The van der Waals surface area contributed by atoms with Crippen molar-refractivity contribution in [3.63, 3.8) is 0 Å². The number of hydrogen-bond donors (Lipinski definition) is 1. The van der Waals surface area contributed by atoms with E-state index in [0.29, 0.717) is 17.3 Å². The molecule has 8 heteroatoms. The second-order valence-corrected chi connectivity index (χ2v) is 7.48. The Kier molecular flexibility index (Phi) is 10.3. The van der Waals surface area contributed by atoms with Crippen molar-refractivity contribution in [2.75, 3.05) is 6.61 Å². The number of nitrogens with two attached hydrogens (primary N) is 1. The number of rotatable bonds is 8. The highest BCUT2D eigenvalue weighted by atomic mass is 35.5. The van der Waals surface area contributed by atoms with Crippen LogP contribution in [0.4, 0.5) is 4.39 Å². The molecule has 0 amide bonds. The second-order valence-electron chi connectivity index (χ2n) is 7.48. The zero-order chi connectivity index (χ0) is 22.3. The van der Waals surface area contributed by atoms with E-state index in [1.165, 1.54) is 6.07 Å². The summed E-state index contributed by atoms with van der Waals surface area (Å²) in [5.41, 5.74) is 8.78. The summed E-state index contributed by atoms with van der Waals surface area (Å²) in [4.78, 5) is 17.1. The van der Waals surface area contributed by atoms with Crippen molar-refractivity contribution in [3.05, 3.63) is 108 Å². The molecule has 0 saturated heterocycles. The molecule has 0 bridgehead atoms. The van der Waals surface area contributed by atoms with E-state index in [2.05, 4.69) is 4.98 Å². The fourth-order valence-corrected chi connectivity index (χ4v) is 3.45. The molecule has 178 valence electrons. The number of carbonyl (C=O) groups excluding carboxylic acids is 1. The topological polar surface area (TPSA) is 74.4 Å². The molecule has 5 nitrogen and oxygen atoms in total. The lowest BCUT2D eigenvalue weighted by Crippen LogP contribution is -2.30. The maximum absolute atomic E-state index is 13.9. The van der Waals surface area contributed by atoms with Crippen LogP contribution in [0.15, 0.2) is 85.1 Å². The molecule has 1 unspecified atom stereocenters. The lowest BCUT2D eigenvalue weighted by Gasteiger charge is -2.17. The summed E-state index contributed by atoms with van der Waals surface area (Å²) < 4.78 is 25.4. The van der Waals surface area contributed by atoms with Crippen LogP contribution in [-0.2, 0) is 17.8 Å². The highest BCUT2D eigenvalue weighted by molar-refractivity contribution is 6.06. The van der Waals surface area contributed by atoms with Crippen molar-refractivity contribution >= 4 is 41.7 Å². The van der Waals surface area contributed by atoms with Gasteiger partial charge in [-0.05, 0) is 35.7 Å². The maximum atomic E-state index is 13.9. The molecule has 2 N–H and O–H groups in total. The summed E-state index contributed by atoms with van der Waals surface area (Å²) in [7, 11) is 0. The molecule has 0 aliphatic rings. The van der Waals surface area contributed by atoms with Crippen LogP contribution in [0.2, 0.25) is 0 Å². The third kappa shape index (κ3) is 6.90. The summed E-state index contributed by atoms with van der Waals surface area (Å²) in [6.07, 6.45) is 1.73. The van der Waals surface area contributed by atoms with E-state index in [1.54, 1.807) is 12.1 Å². The molecule has 0 aliphatic carbocycles. The molecule has 1 heterocycles. The quantitative estimate of drug-likeness (QED) is 0.321. The van der Waals surface area contributed by atoms with E-state index < -0.39 is 11.8 Å². The number of nitrogens with zero attached hydrogens (tertiary/aromatic N) is 1. The van der Waals surface area contributed by atoms with Crippen LogP contribution in [-0.4, -0.2) is 23.6 Å². The number of fused-ring (bicyclic) bond motifs is 1. The predicted molar refractivity (Wildman–Crippen MR) is 135 cm³/mol. The van der Waals surface area contributed by atoms with Gasteiger partial charge < -0.3 is 15.2 Å². The van der Waals surface area contributed by atoms with Gasteiger partial charge in [0.05, 0.1) is 11.7 Å². The van der Waals surface area contributed by atoms with E-state index in [0.717, 1.165) is 17.3 Å². The van der Waals surface area contributed by atoms with E-state index in [9.17, 15) is 9.18 Å². The van der Waals surface area contributed by atoms with Gasteiger partial charge in [0, 0.05) is 11.4 Å². The molecule has 1 aromatic heterocycles. The SMILES string of the molecule is Cl.Cl.NC(COc1ccc2ncc(F)cc2c1C(=O)OCc1ccccc1)Cc1ccccc1. The summed E-state index contributed by atoms with van der Waals surface area (Å²) in [6.45, 7) is 0.272. The fraction of sp³-hybridized carbons (Fsp3) is 0.154. The lowest BCUT2D eigenvalue weighted by molar-refractivity contribution is 0.0470. The van der Waals surface area contributed by atoms with Crippen LogP contribution in [0, 0.1) is 5.82 Å². The zero-order valence-electron chi connectivity index (χ0n) is 18.2. The van der Waals surface area contributed by atoms with Gasteiger partial charge in [-0.15, -0.1) is 24.8 Å². The van der Waals surface area contributed by atoms with Crippen molar-refractivity contribution in [2.45, 2.75) is 19.1 Å². The minimum absolute atomic E-state index is 0. The van der Waals surface area contributed by atoms with Crippen molar-refractivity contribution in [1.82, 2.24) is 4.98 Å². The van der Waals surface area contributed by atoms with E-state index in [4.69, 9.17) is 15.2 Å². The zero-order valence-corrected chi connectivity index (χ0v) is 19.9. The first-order chi connectivity index (χ1) is 15.6. The second kappa shape index (κ2) is 12.9. The number of benzene rings is 3. The number of hydrogen-bond acceptors (Lipinski definition) is 5. The van der Waals surface area contributed by atoms with Crippen molar-refractivity contribution in [3.8, 4) is 5.75 Å².